The highest BCUT2D eigenvalue weighted by molar-refractivity contribution is 5.91. The van der Waals surface area contributed by atoms with Gasteiger partial charge in [0.2, 0.25) is 5.91 Å². The molecular weight excluding hydrogens is 344 g/mol. The molecule has 0 radical (unpaired) electrons. The Kier molecular flexibility index (Phi) is 7.21. The van der Waals surface area contributed by atoms with Gasteiger partial charge in [-0.1, -0.05) is 74.5 Å². The smallest absolute Gasteiger partial charge is 0.246 e. The maximum Gasteiger partial charge on any atom is 0.246 e. The molecule has 146 valence electrons. The minimum Gasteiger partial charge on any atom is -0.329 e. The van der Waals surface area contributed by atoms with E-state index in [2.05, 4.69) is 74.5 Å². The number of piperazine rings is 1. The molecule has 1 heterocycles. The third-order valence-electron chi connectivity index (χ3n) is 5.32. The molecule has 1 aliphatic rings. The topological polar surface area (TPSA) is 24.8 Å². The van der Waals surface area contributed by atoms with Gasteiger partial charge in [-0.25, -0.2) is 0 Å². The van der Waals surface area contributed by atoms with E-state index in [1.165, 1.54) is 16.0 Å². The van der Waals surface area contributed by atoms with Gasteiger partial charge in [-0.2, -0.15) is 0 Å². The van der Waals surface area contributed by atoms with Crippen LogP contribution in [0.15, 0.2) is 66.7 Å². The number of hydrogen-bond donors (Lipinski definition) is 1. The lowest BCUT2D eigenvalue weighted by Crippen LogP contribution is -3.14. The number of benzene rings is 2. The van der Waals surface area contributed by atoms with Crippen LogP contribution in [0, 0.1) is 0 Å². The largest absolute Gasteiger partial charge is 0.329 e. The predicted octanol–water partition coefficient (Wildman–Crippen LogP) is 3.26. The van der Waals surface area contributed by atoms with E-state index >= 15 is 0 Å². The zero-order valence-corrected chi connectivity index (χ0v) is 17.0. The van der Waals surface area contributed by atoms with Gasteiger partial charge in [0.05, 0.1) is 32.7 Å². The molecule has 0 bridgehead atoms. The van der Waals surface area contributed by atoms with E-state index in [0.29, 0.717) is 5.92 Å². The molecule has 1 N–H and O–H groups in total. The standard InChI is InChI=1S/C25H30N2O/c1-21(2)24-13-10-23(11-14-24)12-15-25(28)27-19-17-26(18-20-27)16-6-9-22-7-4-3-5-8-22/h3-15,21H,16-20H2,1-2H3/p+1. The van der Waals surface area contributed by atoms with Crippen LogP contribution in [0.3, 0.4) is 0 Å². The van der Waals surface area contributed by atoms with Crippen LogP contribution in [0.2, 0.25) is 0 Å². The fraction of sp³-hybridized carbons (Fsp3) is 0.320. The van der Waals surface area contributed by atoms with Crippen LogP contribution in [0.5, 0.6) is 0 Å². The number of nitrogens with one attached hydrogen (secondary N) is 1. The Balaban J connectivity index is 1.43. The molecule has 1 amide bonds. The van der Waals surface area contributed by atoms with Gasteiger partial charge in [-0.05, 0) is 34.8 Å². The Morgan fingerprint density at radius 2 is 1.61 bits per heavy atom. The molecule has 3 nitrogen and oxygen atoms in total. The zero-order chi connectivity index (χ0) is 19.8. The van der Waals surface area contributed by atoms with Gasteiger partial charge in [0.15, 0.2) is 0 Å². The first kappa shape index (κ1) is 20.1. The second-order valence-electron chi connectivity index (χ2n) is 7.75. The minimum atomic E-state index is 0.117. The first-order chi connectivity index (χ1) is 13.6. The lowest BCUT2D eigenvalue weighted by Gasteiger charge is -2.31. The number of rotatable bonds is 6. The summed E-state index contributed by atoms with van der Waals surface area (Å²) in [6, 6.07) is 18.8. The van der Waals surface area contributed by atoms with Crippen molar-refractivity contribution in [3.63, 3.8) is 0 Å². The van der Waals surface area contributed by atoms with Crippen molar-refractivity contribution in [3.8, 4) is 0 Å². The maximum absolute atomic E-state index is 12.5. The van der Waals surface area contributed by atoms with Gasteiger partial charge in [0.25, 0.3) is 0 Å². The van der Waals surface area contributed by atoms with Crippen LogP contribution in [-0.2, 0) is 4.79 Å². The van der Waals surface area contributed by atoms with Gasteiger partial charge in [-0.3, -0.25) is 4.79 Å². The second-order valence-corrected chi connectivity index (χ2v) is 7.75. The highest BCUT2D eigenvalue weighted by Crippen LogP contribution is 2.15. The van der Waals surface area contributed by atoms with Crippen molar-refractivity contribution in [1.29, 1.82) is 0 Å². The van der Waals surface area contributed by atoms with Crippen LogP contribution in [0.4, 0.5) is 0 Å². The first-order valence-corrected chi connectivity index (χ1v) is 10.2. The van der Waals surface area contributed by atoms with Gasteiger partial charge < -0.3 is 9.80 Å². The van der Waals surface area contributed by atoms with Crippen molar-refractivity contribution in [3.05, 3.63) is 83.4 Å². The number of amides is 1. The van der Waals surface area contributed by atoms with Crippen molar-refractivity contribution < 1.29 is 9.69 Å². The monoisotopic (exact) mass is 375 g/mol. The van der Waals surface area contributed by atoms with E-state index < -0.39 is 0 Å². The molecule has 2 aromatic rings. The molecule has 1 saturated heterocycles. The summed E-state index contributed by atoms with van der Waals surface area (Å²) in [4.78, 5) is 16.0. The Morgan fingerprint density at radius 1 is 0.964 bits per heavy atom. The summed E-state index contributed by atoms with van der Waals surface area (Å²) < 4.78 is 0. The number of quaternary nitrogens is 1. The van der Waals surface area contributed by atoms with E-state index in [0.717, 1.165) is 38.3 Å². The molecule has 0 aliphatic carbocycles. The fourth-order valence-corrected chi connectivity index (χ4v) is 3.44. The summed E-state index contributed by atoms with van der Waals surface area (Å²) in [5.41, 5.74) is 3.64. The molecule has 0 unspecified atom stereocenters. The van der Waals surface area contributed by atoms with Crippen LogP contribution in [-0.4, -0.2) is 43.5 Å². The van der Waals surface area contributed by atoms with Crippen LogP contribution < -0.4 is 4.90 Å². The molecule has 0 atom stereocenters. The second kappa shape index (κ2) is 10.0. The summed E-state index contributed by atoms with van der Waals surface area (Å²) in [5.74, 6) is 0.646. The average molecular weight is 376 g/mol. The molecule has 1 aliphatic heterocycles. The highest BCUT2D eigenvalue weighted by atomic mass is 16.2. The number of carbonyl (C=O) groups is 1. The fourth-order valence-electron chi connectivity index (χ4n) is 3.44. The Labute approximate surface area is 169 Å². The van der Waals surface area contributed by atoms with E-state index in [9.17, 15) is 4.79 Å². The SMILES string of the molecule is CC(C)c1ccc(C=CC(=O)N2CC[NH+](CC=Cc3ccccc3)CC2)cc1. The molecular formula is C25H31N2O+. The zero-order valence-electron chi connectivity index (χ0n) is 17.0. The Hall–Kier alpha value is -2.65. The molecule has 3 heteroatoms. The third-order valence-corrected chi connectivity index (χ3v) is 5.32. The van der Waals surface area contributed by atoms with Crippen molar-refractivity contribution in [2.75, 3.05) is 32.7 Å². The van der Waals surface area contributed by atoms with Crippen molar-refractivity contribution in [2.45, 2.75) is 19.8 Å². The minimum absolute atomic E-state index is 0.117. The van der Waals surface area contributed by atoms with E-state index in [1.807, 2.05) is 17.0 Å². The highest BCUT2D eigenvalue weighted by Gasteiger charge is 2.21. The Bertz CT molecular complexity index is 798. The number of carbonyl (C=O) groups excluding carboxylic acids is 1. The number of nitrogens with zero attached hydrogens (tertiary/aromatic N) is 1. The van der Waals surface area contributed by atoms with Gasteiger partial charge >= 0.3 is 0 Å². The normalized spacial score (nSPS) is 15.8. The molecule has 2 aromatic carbocycles. The number of hydrogen-bond acceptors (Lipinski definition) is 1. The quantitative estimate of drug-likeness (QED) is 0.770. The molecule has 1 fully saturated rings. The van der Waals surface area contributed by atoms with Gasteiger partial charge in [0.1, 0.15) is 0 Å². The van der Waals surface area contributed by atoms with Crippen molar-refractivity contribution in [2.24, 2.45) is 0 Å². The van der Waals surface area contributed by atoms with Crippen LogP contribution in [0.25, 0.3) is 12.2 Å². The van der Waals surface area contributed by atoms with Crippen LogP contribution >= 0.6 is 0 Å². The van der Waals surface area contributed by atoms with Gasteiger partial charge in [0, 0.05) is 6.08 Å². The maximum atomic E-state index is 12.5. The lowest BCUT2D eigenvalue weighted by molar-refractivity contribution is -0.898. The Morgan fingerprint density at radius 3 is 2.25 bits per heavy atom. The van der Waals surface area contributed by atoms with Crippen LogP contribution in [0.1, 0.15) is 36.5 Å². The van der Waals surface area contributed by atoms with E-state index in [1.54, 1.807) is 6.08 Å². The van der Waals surface area contributed by atoms with Crippen molar-refractivity contribution >= 4 is 18.1 Å². The molecule has 0 spiro atoms. The van der Waals surface area contributed by atoms with Gasteiger partial charge in [-0.15, -0.1) is 0 Å². The summed E-state index contributed by atoms with van der Waals surface area (Å²) in [6.45, 7) is 9.04. The molecule has 0 aromatic heterocycles. The molecule has 0 saturated carbocycles. The molecule has 28 heavy (non-hydrogen) atoms. The molecule has 3 rings (SSSR count). The summed E-state index contributed by atoms with van der Waals surface area (Å²) >= 11 is 0. The summed E-state index contributed by atoms with van der Waals surface area (Å²) in [6.07, 6.45) is 8.06. The van der Waals surface area contributed by atoms with E-state index in [-0.39, 0.29) is 5.91 Å². The summed E-state index contributed by atoms with van der Waals surface area (Å²) in [7, 11) is 0. The first-order valence-electron chi connectivity index (χ1n) is 10.2. The average Bonchev–Trinajstić information content (AvgIpc) is 2.73. The lowest BCUT2D eigenvalue weighted by atomic mass is 10.0. The third kappa shape index (κ3) is 5.93. The predicted molar refractivity (Wildman–Crippen MR) is 117 cm³/mol. The van der Waals surface area contributed by atoms with Crippen molar-refractivity contribution in [1.82, 2.24) is 4.90 Å². The summed E-state index contributed by atoms with van der Waals surface area (Å²) in [5, 5.41) is 0. The van der Waals surface area contributed by atoms with E-state index in [4.69, 9.17) is 0 Å².